The summed E-state index contributed by atoms with van der Waals surface area (Å²) in [7, 11) is 0. The second-order valence-electron chi connectivity index (χ2n) is 5.52. The van der Waals surface area contributed by atoms with Gasteiger partial charge in [-0.05, 0) is 36.4 Å². The predicted molar refractivity (Wildman–Crippen MR) is 97.0 cm³/mol. The number of nitro benzene ring substituents is 1. The van der Waals surface area contributed by atoms with Crippen LogP contribution in [-0.2, 0) is 0 Å². The molecule has 3 aromatic rings. The Hall–Kier alpha value is -3.12. The van der Waals surface area contributed by atoms with Crippen LogP contribution in [-0.4, -0.2) is 15.3 Å². The third-order valence-corrected chi connectivity index (χ3v) is 5.05. The minimum Gasteiger partial charge on any atom is -0.317 e. The molecule has 122 valence electrons. The lowest BCUT2D eigenvalue weighted by molar-refractivity contribution is -0.384. The van der Waals surface area contributed by atoms with Gasteiger partial charge in [0.1, 0.15) is 0 Å². The van der Waals surface area contributed by atoms with Crippen molar-refractivity contribution < 1.29 is 9.72 Å². The lowest BCUT2D eigenvalue weighted by atomic mass is 10.1. The van der Waals surface area contributed by atoms with E-state index in [0.29, 0.717) is 16.2 Å². The molecule has 0 spiro atoms. The number of aromatic nitrogens is 1. The molecule has 0 unspecified atom stereocenters. The van der Waals surface area contributed by atoms with Crippen LogP contribution in [0.4, 0.5) is 5.69 Å². The number of non-ortho nitro benzene ring substituents is 1. The predicted octanol–water partition coefficient (Wildman–Crippen LogP) is 4.72. The van der Waals surface area contributed by atoms with E-state index in [2.05, 4.69) is 0 Å². The highest BCUT2D eigenvalue weighted by Gasteiger charge is 2.25. The zero-order valence-electron chi connectivity index (χ0n) is 13.0. The van der Waals surface area contributed by atoms with Crippen LogP contribution in [0.5, 0.6) is 0 Å². The zero-order valence-corrected chi connectivity index (χ0v) is 13.8. The van der Waals surface area contributed by atoms with Gasteiger partial charge in [-0.25, -0.2) is 0 Å². The van der Waals surface area contributed by atoms with Crippen molar-refractivity contribution in [1.82, 2.24) is 4.57 Å². The van der Waals surface area contributed by atoms with Crippen molar-refractivity contribution in [3.63, 3.8) is 0 Å². The third-order valence-electron chi connectivity index (χ3n) is 3.95. The van der Waals surface area contributed by atoms with Gasteiger partial charge >= 0.3 is 0 Å². The standard InChI is InChI=1S/C19H12N2O3S/c22-19-16-8-1-2-9-17(16)25-18(19)12-14-7-4-10-20(14)13-5-3-6-15(11-13)21(23)24/h1-12H/b18-12+. The van der Waals surface area contributed by atoms with E-state index in [1.165, 1.54) is 23.9 Å². The minimum atomic E-state index is -0.419. The molecule has 6 heteroatoms. The molecule has 0 amide bonds. The number of hydrogen-bond acceptors (Lipinski definition) is 4. The average molecular weight is 348 g/mol. The minimum absolute atomic E-state index is 0.00684. The topological polar surface area (TPSA) is 65.1 Å². The van der Waals surface area contributed by atoms with Gasteiger partial charge in [0.05, 0.1) is 15.5 Å². The van der Waals surface area contributed by atoms with Crippen molar-refractivity contribution in [1.29, 1.82) is 0 Å². The Morgan fingerprint density at radius 2 is 1.88 bits per heavy atom. The second kappa shape index (κ2) is 6.07. The van der Waals surface area contributed by atoms with Crippen LogP contribution in [0, 0.1) is 10.1 Å². The maximum atomic E-state index is 12.5. The van der Waals surface area contributed by atoms with Crippen molar-refractivity contribution in [3.05, 3.63) is 93.1 Å². The maximum absolute atomic E-state index is 12.5. The highest BCUT2D eigenvalue weighted by molar-refractivity contribution is 8.04. The normalized spacial score (nSPS) is 14.7. The fourth-order valence-corrected chi connectivity index (χ4v) is 3.81. The largest absolute Gasteiger partial charge is 0.317 e. The number of allylic oxidation sites excluding steroid dienone is 1. The molecule has 0 aliphatic carbocycles. The molecule has 0 N–H and O–H groups in total. The van der Waals surface area contributed by atoms with E-state index in [9.17, 15) is 14.9 Å². The molecule has 1 aliphatic heterocycles. The van der Waals surface area contributed by atoms with Crippen molar-refractivity contribution in [2.24, 2.45) is 0 Å². The Morgan fingerprint density at radius 3 is 2.68 bits per heavy atom. The Bertz CT molecular complexity index is 1040. The van der Waals surface area contributed by atoms with Crippen LogP contribution >= 0.6 is 11.8 Å². The Balaban J connectivity index is 1.73. The Morgan fingerprint density at radius 1 is 1.04 bits per heavy atom. The Labute approximate surface area is 147 Å². The number of nitrogens with zero attached hydrogens (tertiary/aromatic N) is 2. The van der Waals surface area contributed by atoms with Gasteiger partial charge in [-0.15, -0.1) is 0 Å². The molecule has 0 saturated carbocycles. The van der Waals surface area contributed by atoms with Crippen molar-refractivity contribution in [3.8, 4) is 5.69 Å². The first kappa shape index (κ1) is 15.4. The van der Waals surface area contributed by atoms with Gasteiger partial charge in [0.25, 0.3) is 5.69 Å². The number of ketones is 1. The number of benzene rings is 2. The zero-order chi connectivity index (χ0) is 17.4. The van der Waals surface area contributed by atoms with E-state index in [1.807, 2.05) is 53.2 Å². The van der Waals surface area contributed by atoms with Gasteiger partial charge in [-0.3, -0.25) is 14.9 Å². The number of rotatable bonds is 3. The molecule has 25 heavy (non-hydrogen) atoms. The summed E-state index contributed by atoms with van der Waals surface area (Å²) in [6.07, 6.45) is 3.65. The van der Waals surface area contributed by atoms with Crippen molar-refractivity contribution in [2.45, 2.75) is 4.90 Å². The number of carbonyl (C=O) groups excluding carboxylic acids is 1. The molecule has 0 atom stereocenters. The third kappa shape index (κ3) is 2.77. The van der Waals surface area contributed by atoms with Gasteiger partial charge in [0.2, 0.25) is 5.78 Å². The van der Waals surface area contributed by atoms with E-state index in [-0.39, 0.29) is 11.5 Å². The summed E-state index contributed by atoms with van der Waals surface area (Å²) in [6, 6.07) is 17.7. The molecule has 0 saturated heterocycles. The molecule has 4 rings (SSSR count). The first-order valence-electron chi connectivity index (χ1n) is 7.59. The molecule has 2 aromatic carbocycles. The highest BCUT2D eigenvalue weighted by atomic mass is 32.2. The summed E-state index contributed by atoms with van der Waals surface area (Å²) in [5.41, 5.74) is 2.22. The first-order chi connectivity index (χ1) is 12.1. The second-order valence-corrected chi connectivity index (χ2v) is 6.60. The van der Waals surface area contributed by atoms with Crippen LogP contribution in [0.2, 0.25) is 0 Å². The molecular weight excluding hydrogens is 336 g/mol. The van der Waals surface area contributed by atoms with Crippen LogP contribution in [0.1, 0.15) is 16.1 Å². The fourth-order valence-electron chi connectivity index (χ4n) is 2.77. The number of hydrogen-bond donors (Lipinski definition) is 0. The lowest BCUT2D eigenvalue weighted by Gasteiger charge is -2.07. The molecule has 1 aromatic heterocycles. The lowest BCUT2D eigenvalue weighted by Crippen LogP contribution is -1.98. The van der Waals surface area contributed by atoms with Crippen LogP contribution < -0.4 is 0 Å². The summed E-state index contributed by atoms with van der Waals surface area (Å²) in [5.74, 6) is 0.00684. The molecule has 0 fully saturated rings. The summed E-state index contributed by atoms with van der Waals surface area (Å²) in [6.45, 7) is 0. The molecular formula is C19H12N2O3S. The quantitative estimate of drug-likeness (QED) is 0.390. The molecule has 1 aliphatic rings. The first-order valence-corrected chi connectivity index (χ1v) is 8.40. The molecule has 2 heterocycles. The fraction of sp³-hybridized carbons (Fsp3) is 0. The average Bonchev–Trinajstić information content (AvgIpc) is 3.21. The monoisotopic (exact) mass is 348 g/mol. The van der Waals surface area contributed by atoms with Crippen molar-refractivity contribution >= 4 is 29.3 Å². The van der Waals surface area contributed by atoms with E-state index in [0.717, 1.165) is 10.6 Å². The number of Topliss-reactive ketones (excluding diaryl/α,β-unsaturated/α-hetero) is 1. The Kier molecular flexibility index (Phi) is 3.74. The van der Waals surface area contributed by atoms with Crippen molar-refractivity contribution in [2.75, 3.05) is 0 Å². The molecule has 0 radical (unpaired) electrons. The summed E-state index contributed by atoms with van der Waals surface area (Å²) < 4.78 is 1.83. The number of nitro groups is 1. The number of thioether (sulfide) groups is 1. The number of carbonyl (C=O) groups is 1. The van der Waals surface area contributed by atoms with Crippen LogP contribution in [0.3, 0.4) is 0 Å². The highest BCUT2D eigenvalue weighted by Crippen LogP contribution is 2.40. The van der Waals surface area contributed by atoms with E-state index < -0.39 is 4.92 Å². The van der Waals surface area contributed by atoms with E-state index in [4.69, 9.17) is 0 Å². The van der Waals surface area contributed by atoms with Gasteiger partial charge in [0, 0.05) is 34.5 Å². The maximum Gasteiger partial charge on any atom is 0.271 e. The summed E-state index contributed by atoms with van der Waals surface area (Å²) >= 11 is 1.44. The number of fused-ring (bicyclic) bond motifs is 1. The van der Waals surface area contributed by atoms with E-state index >= 15 is 0 Å². The molecule has 5 nitrogen and oxygen atoms in total. The van der Waals surface area contributed by atoms with Gasteiger partial charge in [-0.1, -0.05) is 30.0 Å². The van der Waals surface area contributed by atoms with E-state index in [1.54, 1.807) is 12.1 Å². The van der Waals surface area contributed by atoms with Gasteiger partial charge in [0.15, 0.2) is 0 Å². The smallest absolute Gasteiger partial charge is 0.271 e. The summed E-state index contributed by atoms with van der Waals surface area (Å²) in [4.78, 5) is 24.7. The van der Waals surface area contributed by atoms with Gasteiger partial charge in [-0.2, -0.15) is 0 Å². The van der Waals surface area contributed by atoms with Gasteiger partial charge < -0.3 is 4.57 Å². The summed E-state index contributed by atoms with van der Waals surface area (Å²) in [5, 5.41) is 11.0. The van der Waals surface area contributed by atoms with Crippen LogP contribution in [0.15, 0.2) is 76.7 Å². The SMILES string of the molecule is O=C1/C(=C\c2cccn2-c2cccc([N+](=O)[O-])c2)Sc2ccccc21. The molecule has 0 bridgehead atoms. The van der Waals surface area contributed by atoms with Crippen LogP contribution in [0.25, 0.3) is 11.8 Å².